The van der Waals surface area contributed by atoms with Gasteiger partial charge in [-0.1, -0.05) is 24.3 Å². The van der Waals surface area contributed by atoms with Gasteiger partial charge in [-0.25, -0.2) is 8.42 Å². The Kier molecular flexibility index (Phi) is 4.48. The standard InChI is InChI=1S/C23H24N2O4S/c1-15-12-19(16(2)24(15)13-18-8-5-11-29-18)21(26)14-25-20-9-3-6-17-7-4-10-22(23(17)20)30(25,27)28/h3-4,6-7,9-10,12,18H,5,8,11,13-14H2,1-2H3/t18-/m1/s1. The molecule has 0 saturated carbocycles. The summed E-state index contributed by atoms with van der Waals surface area (Å²) in [5.41, 5.74) is 3.00. The number of hydrogen-bond donors (Lipinski definition) is 0. The van der Waals surface area contributed by atoms with Gasteiger partial charge in [0.1, 0.15) is 0 Å². The molecule has 0 aliphatic carbocycles. The van der Waals surface area contributed by atoms with E-state index >= 15 is 0 Å². The van der Waals surface area contributed by atoms with Crippen molar-refractivity contribution in [2.24, 2.45) is 0 Å². The first kappa shape index (κ1) is 19.3. The first-order chi connectivity index (χ1) is 14.4. The first-order valence-corrected chi connectivity index (χ1v) is 11.7. The van der Waals surface area contributed by atoms with E-state index in [2.05, 4.69) is 4.57 Å². The molecule has 2 aliphatic rings. The molecule has 0 bridgehead atoms. The highest BCUT2D eigenvalue weighted by atomic mass is 32.2. The summed E-state index contributed by atoms with van der Waals surface area (Å²) in [5.74, 6) is -0.199. The number of ether oxygens (including phenoxy) is 1. The smallest absolute Gasteiger partial charge is 0.265 e. The lowest BCUT2D eigenvalue weighted by molar-refractivity contribution is 0.0955. The lowest BCUT2D eigenvalue weighted by atomic mass is 10.1. The summed E-state index contributed by atoms with van der Waals surface area (Å²) < 4.78 is 35.4. The van der Waals surface area contributed by atoms with Gasteiger partial charge in [0.15, 0.2) is 5.78 Å². The highest BCUT2D eigenvalue weighted by Gasteiger charge is 2.37. The molecule has 0 unspecified atom stereocenters. The van der Waals surface area contributed by atoms with Crippen LogP contribution in [0.3, 0.4) is 0 Å². The monoisotopic (exact) mass is 424 g/mol. The van der Waals surface area contributed by atoms with E-state index in [9.17, 15) is 13.2 Å². The fourth-order valence-electron chi connectivity index (χ4n) is 4.70. The van der Waals surface area contributed by atoms with Gasteiger partial charge in [0.2, 0.25) is 0 Å². The Bertz CT molecular complexity index is 1260. The summed E-state index contributed by atoms with van der Waals surface area (Å²) in [6.45, 7) is 5.19. The molecule has 1 aromatic heterocycles. The van der Waals surface area contributed by atoms with Crippen LogP contribution in [0.15, 0.2) is 47.4 Å². The molecule has 1 saturated heterocycles. The van der Waals surface area contributed by atoms with Crippen LogP contribution in [0.2, 0.25) is 0 Å². The third kappa shape index (κ3) is 2.87. The molecule has 1 fully saturated rings. The minimum absolute atomic E-state index is 0.170. The average Bonchev–Trinajstić information content (AvgIpc) is 3.39. The van der Waals surface area contributed by atoms with E-state index in [-0.39, 0.29) is 23.3 Å². The minimum atomic E-state index is -3.75. The van der Waals surface area contributed by atoms with Gasteiger partial charge in [-0.3, -0.25) is 9.10 Å². The Morgan fingerprint density at radius 1 is 1.17 bits per heavy atom. The van der Waals surface area contributed by atoms with Gasteiger partial charge in [0, 0.05) is 35.5 Å². The van der Waals surface area contributed by atoms with Gasteiger partial charge in [-0.05, 0) is 50.3 Å². The largest absolute Gasteiger partial charge is 0.376 e. The predicted molar refractivity (Wildman–Crippen MR) is 116 cm³/mol. The molecular weight excluding hydrogens is 400 g/mol. The van der Waals surface area contributed by atoms with Gasteiger partial charge in [0.05, 0.1) is 23.2 Å². The number of aryl methyl sites for hydroxylation is 1. The van der Waals surface area contributed by atoms with Crippen molar-refractivity contribution in [3.05, 3.63) is 59.4 Å². The van der Waals surface area contributed by atoms with Crippen molar-refractivity contribution in [1.82, 2.24) is 4.57 Å². The molecule has 156 valence electrons. The summed E-state index contributed by atoms with van der Waals surface area (Å²) in [6.07, 6.45) is 2.26. The summed E-state index contributed by atoms with van der Waals surface area (Å²) in [5, 5.41) is 1.55. The zero-order valence-corrected chi connectivity index (χ0v) is 17.9. The van der Waals surface area contributed by atoms with Gasteiger partial charge < -0.3 is 9.30 Å². The molecule has 5 rings (SSSR count). The minimum Gasteiger partial charge on any atom is -0.376 e. The summed E-state index contributed by atoms with van der Waals surface area (Å²) in [7, 11) is -3.75. The first-order valence-electron chi connectivity index (χ1n) is 10.2. The fourth-order valence-corrected chi connectivity index (χ4v) is 6.37. The molecule has 7 heteroatoms. The number of rotatable bonds is 5. The number of sulfonamides is 1. The Balaban J connectivity index is 1.47. The molecule has 2 aliphatic heterocycles. The van der Waals surface area contributed by atoms with Gasteiger partial charge in [-0.15, -0.1) is 0 Å². The Labute approximate surface area is 176 Å². The maximum Gasteiger partial charge on any atom is 0.265 e. The quantitative estimate of drug-likeness (QED) is 0.584. The average molecular weight is 425 g/mol. The lowest BCUT2D eigenvalue weighted by Gasteiger charge is -2.18. The van der Waals surface area contributed by atoms with Crippen LogP contribution in [-0.2, 0) is 21.3 Å². The second kappa shape index (κ2) is 6.96. The number of aromatic nitrogens is 1. The highest BCUT2D eigenvalue weighted by molar-refractivity contribution is 7.93. The van der Waals surface area contributed by atoms with Crippen molar-refractivity contribution in [2.45, 2.75) is 44.2 Å². The van der Waals surface area contributed by atoms with Crippen molar-refractivity contribution in [1.29, 1.82) is 0 Å². The lowest BCUT2D eigenvalue weighted by Crippen LogP contribution is -2.33. The van der Waals surface area contributed by atoms with Crippen LogP contribution in [0, 0.1) is 13.8 Å². The van der Waals surface area contributed by atoms with Crippen LogP contribution >= 0.6 is 0 Å². The van der Waals surface area contributed by atoms with E-state index in [0.717, 1.165) is 42.8 Å². The predicted octanol–water partition coefficient (Wildman–Crippen LogP) is 3.83. The number of hydrogen-bond acceptors (Lipinski definition) is 4. The van der Waals surface area contributed by atoms with Crippen LogP contribution in [0.1, 0.15) is 34.6 Å². The van der Waals surface area contributed by atoms with Crippen molar-refractivity contribution in [3.8, 4) is 0 Å². The number of anilines is 1. The Hall–Kier alpha value is -2.64. The van der Waals surface area contributed by atoms with Crippen molar-refractivity contribution in [3.63, 3.8) is 0 Å². The number of benzene rings is 2. The van der Waals surface area contributed by atoms with E-state index < -0.39 is 10.0 Å². The molecule has 0 amide bonds. The number of carbonyl (C=O) groups is 1. The van der Waals surface area contributed by atoms with E-state index in [0.29, 0.717) is 16.6 Å². The van der Waals surface area contributed by atoms with Crippen LogP contribution in [0.25, 0.3) is 10.8 Å². The van der Waals surface area contributed by atoms with Gasteiger partial charge in [-0.2, -0.15) is 0 Å². The summed E-state index contributed by atoms with van der Waals surface area (Å²) >= 11 is 0. The Morgan fingerprint density at radius 2 is 1.93 bits per heavy atom. The topological polar surface area (TPSA) is 68.6 Å². The second-order valence-electron chi connectivity index (χ2n) is 8.10. The maximum atomic E-state index is 13.2. The molecule has 3 heterocycles. The van der Waals surface area contributed by atoms with E-state index in [1.165, 1.54) is 4.31 Å². The van der Waals surface area contributed by atoms with Crippen LogP contribution in [-0.4, -0.2) is 38.0 Å². The van der Waals surface area contributed by atoms with E-state index in [1.807, 2.05) is 38.1 Å². The Morgan fingerprint density at radius 3 is 2.67 bits per heavy atom. The molecule has 30 heavy (non-hydrogen) atoms. The number of carbonyl (C=O) groups excluding carboxylic acids is 1. The highest BCUT2D eigenvalue weighted by Crippen LogP contribution is 2.42. The van der Waals surface area contributed by atoms with Crippen molar-refractivity contribution >= 4 is 32.3 Å². The molecule has 1 atom stereocenters. The van der Waals surface area contributed by atoms with E-state index in [1.54, 1.807) is 18.2 Å². The molecule has 0 radical (unpaired) electrons. The molecule has 6 nitrogen and oxygen atoms in total. The zero-order chi connectivity index (χ0) is 21.0. The number of ketones is 1. The second-order valence-corrected chi connectivity index (χ2v) is 9.93. The molecule has 3 aromatic rings. The van der Waals surface area contributed by atoms with Crippen LogP contribution < -0.4 is 4.31 Å². The fraction of sp³-hybridized carbons (Fsp3) is 0.348. The third-order valence-corrected chi connectivity index (χ3v) is 8.05. The normalized spacial score (nSPS) is 19.7. The molecular formula is C23H24N2O4S. The van der Waals surface area contributed by atoms with E-state index in [4.69, 9.17) is 4.74 Å². The number of Topliss-reactive ketones (excluding diaryl/α,β-unsaturated/α-hetero) is 1. The van der Waals surface area contributed by atoms with Gasteiger partial charge >= 0.3 is 0 Å². The summed E-state index contributed by atoms with van der Waals surface area (Å²) in [4.78, 5) is 13.5. The zero-order valence-electron chi connectivity index (χ0n) is 17.1. The third-order valence-electron chi connectivity index (χ3n) is 6.25. The molecule has 2 aromatic carbocycles. The van der Waals surface area contributed by atoms with Crippen molar-refractivity contribution < 1.29 is 17.9 Å². The van der Waals surface area contributed by atoms with Crippen LogP contribution in [0.4, 0.5) is 5.69 Å². The maximum absolute atomic E-state index is 13.2. The van der Waals surface area contributed by atoms with Gasteiger partial charge in [0.25, 0.3) is 10.0 Å². The summed E-state index contributed by atoms with van der Waals surface area (Å²) in [6, 6.07) is 12.6. The molecule has 0 N–H and O–H groups in total. The van der Waals surface area contributed by atoms with Crippen molar-refractivity contribution in [2.75, 3.05) is 17.5 Å². The number of nitrogens with zero attached hydrogens (tertiary/aromatic N) is 2. The molecule has 0 spiro atoms. The van der Waals surface area contributed by atoms with Crippen LogP contribution in [0.5, 0.6) is 0 Å². The SMILES string of the molecule is Cc1cc(C(=O)CN2c3cccc4cccc(c34)S2(=O)=O)c(C)n1C[C@H]1CCCO1.